The highest BCUT2D eigenvalue weighted by Gasteiger charge is 2.27. The molecule has 0 unspecified atom stereocenters. The molecule has 0 fully saturated rings. The van der Waals surface area contributed by atoms with Gasteiger partial charge < -0.3 is 4.90 Å². The van der Waals surface area contributed by atoms with Crippen LogP contribution in [0.1, 0.15) is 13.3 Å². The van der Waals surface area contributed by atoms with Gasteiger partial charge in [0, 0.05) is 24.1 Å². The standard InChI is InChI=1S/C18H15ClN4/c1-11-8-17-15(9-13(11)19)20-16-10-14(12-6-4-3-5-7-12)21-22-18(16)23(17)2/h3-8,10H,9H2,1-2H3. The Bertz CT molecular complexity index is 881. The Morgan fingerprint density at radius 2 is 1.91 bits per heavy atom. The van der Waals surface area contributed by atoms with E-state index in [1.54, 1.807) is 0 Å². The third kappa shape index (κ3) is 2.35. The summed E-state index contributed by atoms with van der Waals surface area (Å²) in [6.07, 6.45) is 2.71. The average molecular weight is 323 g/mol. The van der Waals surface area contributed by atoms with E-state index in [4.69, 9.17) is 16.6 Å². The largest absolute Gasteiger partial charge is 0.325 e. The Hall–Kier alpha value is -2.46. The van der Waals surface area contributed by atoms with Gasteiger partial charge in [-0.25, -0.2) is 4.99 Å². The van der Waals surface area contributed by atoms with Crippen LogP contribution in [0.15, 0.2) is 63.8 Å². The smallest absolute Gasteiger partial charge is 0.181 e. The molecule has 1 aliphatic heterocycles. The molecule has 1 aromatic heterocycles. The number of aromatic nitrogens is 2. The number of hydrogen-bond donors (Lipinski definition) is 0. The number of anilines is 1. The number of allylic oxidation sites excluding steroid dienone is 4. The van der Waals surface area contributed by atoms with Gasteiger partial charge in [-0.15, -0.1) is 10.2 Å². The van der Waals surface area contributed by atoms with Gasteiger partial charge in [0.25, 0.3) is 0 Å². The molecule has 5 heteroatoms. The van der Waals surface area contributed by atoms with E-state index in [0.29, 0.717) is 6.42 Å². The molecular weight excluding hydrogens is 308 g/mol. The summed E-state index contributed by atoms with van der Waals surface area (Å²) in [5.74, 6) is 0.769. The molecule has 4 rings (SSSR count). The van der Waals surface area contributed by atoms with Crippen molar-refractivity contribution in [2.75, 3.05) is 11.9 Å². The summed E-state index contributed by atoms with van der Waals surface area (Å²) in [6, 6.07) is 12.0. The quantitative estimate of drug-likeness (QED) is 0.778. The highest BCUT2D eigenvalue weighted by molar-refractivity contribution is 6.33. The van der Waals surface area contributed by atoms with Crippen molar-refractivity contribution >= 4 is 28.8 Å². The van der Waals surface area contributed by atoms with Gasteiger partial charge in [0.05, 0.1) is 17.1 Å². The minimum absolute atomic E-state index is 0.659. The van der Waals surface area contributed by atoms with Crippen LogP contribution < -0.4 is 4.90 Å². The monoisotopic (exact) mass is 322 g/mol. The fourth-order valence-electron chi connectivity index (χ4n) is 2.84. The fraction of sp³-hybridized carbons (Fsp3) is 0.167. The van der Waals surface area contributed by atoms with Crippen LogP contribution in [0.3, 0.4) is 0 Å². The van der Waals surface area contributed by atoms with E-state index < -0.39 is 0 Å². The molecule has 2 heterocycles. The molecule has 0 bridgehead atoms. The third-order valence-corrected chi connectivity index (χ3v) is 4.59. The Kier molecular flexibility index (Phi) is 3.27. The number of rotatable bonds is 1. The van der Waals surface area contributed by atoms with Crippen LogP contribution in [0.2, 0.25) is 0 Å². The molecule has 0 saturated carbocycles. The van der Waals surface area contributed by atoms with Crippen molar-refractivity contribution in [3.05, 3.63) is 58.8 Å². The van der Waals surface area contributed by atoms with E-state index in [-0.39, 0.29) is 0 Å². The number of halogens is 1. The zero-order valence-electron chi connectivity index (χ0n) is 12.9. The summed E-state index contributed by atoms with van der Waals surface area (Å²) in [4.78, 5) is 6.81. The molecule has 114 valence electrons. The molecule has 23 heavy (non-hydrogen) atoms. The van der Waals surface area contributed by atoms with E-state index in [2.05, 4.69) is 16.3 Å². The lowest BCUT2D eigenvalue weighted by molar-refractivity contribution is 0.958. The lowest BCUT2D eigenvalue weighted by Gasteiger charge is -2.30. The van der Waals surface area contributed by atoms with Gasteiger partial charge in [-0.3, -0.25) is 0 Å². The van der Waals surface area contributed by atoms with Crippen molar-refractivity contribution in [2.45, 2.75) is 13.3 Å². The van der Waals surface area contributed by atoms with Gasteiger partial charge >= 0.3 is 0 Å². The van der Waals surface area contributed by atoms with Crippen molar-refractivity contribution in [2.24, 2.45) is 4.99 Å². The Labute approximate surface area is 139 Å². The summed E-state index contributed by atoms with van der Waals surface area (Å²) < 4.78 is 0. The van der Waals surface area contributed by atoms with Crippen LogP contribution >= 0.6 is 11.6 Å². The molecule has 0 spiro atoms. The van der Waals surface area contributed by atoms with Crippen LogP contribution in [0.5, 0.6) is 0 Å². The van der Waals surface area contributed by atoms with Gasteiger partial charge in [0.15, 0.2) is 5.82 Å². The molecular formula is C18H15ClN4. The first-order valence-corrected chi connectivity index (χ1v) is 7.83. The third-order valence-electron chi connectivity index (χ3n) is 4.16. The second-order valence-electron chi connectivity index (χ2n) is 5.72. The number of hydrogen-bond acceptors (Lipinski definition) is 4. The number of benzene rings is 1. The maximum atomic E-state index is 6.30. The highest BCUT2D eigenvalue weighted by atomic mass is 35.5. The Morgan fingerprint density at radius 3 is 2.70 bits per heavy atom. The lowest BCUT2D eigenvalue weighted by atomic mass is 10.0. The van der Waals surface area contributed by atoms with Crippen molar-refractivity contribution in [1.29, 1.82) is 0 Å². The lowest BCUT2D eigenvalue weighted by Crippen LogP contribution is -2.29. The van der Waals surface area contributed by atoms with Crippen LogP contribution in [0.25, 0.3) is 11.3 Å². The molecule has 1 aromatic carbocycles. The van der Waals surface area contributed by atoms with E-state index in [0.717, 1.165) is 44.8 Å². The summed E-state index contributed by atoms with van der Waals surface area (Å²) in [6.45, 7) is 2.01. The van der Waals surface area contributed by atoms with Gasteiger partial charge in [0.1, 0.15) is 5.69 Å². The van der Waals surface area contributed by atoms with Crippen molar-refractivity contribution < 1.29 is 0 Å². The van der Waals surface area contributed by atoms with Crippen LogP contribution in [-0.4, -0.2) is 23.0 Å². The summed E-state index contributed by atoms with van der Waals surface area (Å²) in [7, 11) is 1.99. The van der Waals surface area contributed by atoms with Gasteiger partial charge in [0.2, 0.25) is 0 Å². The summed E-state index contributed by atoms with van der Waals surface area (Å²) >= 11 is 6.30. The van der Waals surface area contributed by atoms with Gasteiger partial charge in [-0.2, -0.15) is 0 Å². The second-order valence-corrected chi connectivity index (χ2v) is 6.17. The first-order chi connectivity index (χ1) is 11.1. The number of fused-ring (bicyclic) bond motifs is 2. The maximum Gasteiger partial charge on any atom is 0.181 e. The molecule has 0 radical (unpaired) electrons. The first-order valence-electron chi connectivity index (χ1n) is 7.45. The van der Waals surface area contributed by atoms with E-state index in [1.807, 2.05) is 55.3 Å². The summed E-state index contributed by atoms with van der Waals surface area (Å²) in [5.41, 5.74) is 5.78. The van der Waals surface area contributed by atoms with Crippen LogP contribution in [0, 0.1) is 0 Å². The molecule has 2 aliphatic rings. The zero-order valence-corrected chi connectivity index (χ0v) is 13.7. The van der Waals surface area contributed by atoms with Crippen LogP contribution in [0.4, 0.5) is 11.5 Å². The van der Waals surface area contributed by atoms with E-state index >= 15 is 0 Å². The molecule has 0 N–H and O–H groups in total. The SMILES string of the molecule is CC1=C(Cl)CC2=Nc3cc(-c4ccccc4)nnc3N(C)C2=C1. The highest BCUT2D eigenvalue weighted by Crippen LogP contribution is 2.39. The Balaban J connectivity index is 1.82. The normalized spacial score (nSPS) is 16.6. The molecule has 1 aliphatic carbocycles. The average Bonchev–Trinajstić information content (AvgIpc) is 2.57. The topological polar surface area (TPSA) is 41.4 Å². The molecule has 0 atom stereocenters. The predicted molar refractivity (Wildman–Crippen MR) is 94.2 cm³/mol. The fourth-order valence-corrected chi connectivity index (χ4v) is 3.02. The van der Waals surface area contributed by atoms with E-state index in [9.17, 15) is 0 Å². The predicted octanol–water partition coefficient (Wildman–Crippen LogP) is 4.47. The van der Waals surface area contributed by atoms with Crippen molar-refractivity contribution in [3.63, 3.8) is 0 Å². The van der Waals surface area contributed by atoms with E-state index in [1.165, 1.54) is 0 Å². The van der Waals surface area contributed by atoms with Crippen molar-refractivity contribution in [3.8, 4) is 11.3 Å². The van der Waals surface area contributed by atoms with Crippen molar-refractivity contribution in [1.82, 2.24) is 10.2 Å². The summed E-state index contributed by atoms with van der Waals surface area (Å²) in [5, 5.41) is 9.59. The van der Waals surface area contributed by atoms with Crippen LogP contribution in [-0.2, 0) is 0 Å². The maximum absolute atomic E-state index is 6.30. The van der Waals surface area contributed by atoms with Gasteiger partial charge in [-0.05, 0) is 24.6 Å². The Morgan fingerprint density at radius 1 is 1.13 bits per heavy atom. The molecule has 0 amide bonds. The number of nitrogens with zero attached hydrogens (tertiary/aromatic N) is 4. The minimum atomic E-state index is 0.659. The molecule has 4 nitrogen and oxygen atoms in total. The minimum Gasteiger partial charge on any atom is -0.325 e. The second kappa shape index (κ2) is 5.32. The first kappa shape index (κ1) is 14.2. The van der Waals surface area contributed by atoms with Gasteiger partial charge in [-0.1, -0.05) is 41.9 Å². The number of aliphatic imine (C=N–C) groups is 1. The molecule has 2 aromatic rings. The molecule has 0 saturated heterocycles. The zero-order chi connectivity index (χ0) is 16.0.